The molecule has 15 heavy (non-hydrogen) atoms. The molecule has 4 heteroatoms. The summed E-state index contributed by atoms with van der Waals surface area (Å²) in [5.74, 6) is -0.417. The lowest BCUT2D eigenvalue weighted by molar-refractivity contribution is -0.140. The van der Waals surface area contributed by atoms with Gasteiger partial charge in [-0.1, -0.05) is 27.7 Å². The highest BCUT2D eigenvalue weighted by molar-refractivity contribution is 5.73. The fraction of sp³-hybridized carbons (Fsp3) is 0.909. The van der Waals surface area contributed by atoms with E-state index < -0.39 is 18.1 Å². The molecule has 3 N–H and O–H groups in total. The van der Waals surface area contributed by atoms with Crippen LogP contribution >= 0.6 is 0 Å². The maximum atomic E-state index is 10.8. The molecule has 0 rings (SSSR count). The van der Waals surface area contributed by atoms with Crippen LogP contribution in [0.25, 0.3) is 0 Å². The van der Waals surface area contributed by atoms with Crippen molar-refractivity contribution in [3.05, 3.63) is 0 Å². The molecule has 0 bridgehead atoms. The van der Waals surface area contributed by atoms with E-state index in [4.69, 9.17) is 5.11 Å². The molecule has 90 valence electrons. The quantitative estimate of drug-likeness (QED) is 0.597. The van der Waals surface area contributed by atoms with Crippen molar-refractivity contribution >= 4 is 5.97 Å². The second-order valence-corrected chi connectivity index (χ2v) is 4.75. The molecule has 0 aromatic heterocycles. The van der Waals surface area contributed by atoms with Crippen LogP contribution in [0.3, 0.4) is 0 Å². The number of carbonyl (C=O) groups is 1. The SMILES string of the molecule is CC(C)CC(O)CNC(C(=O)O)C(C)C. The molecule has 0 spiro atoms. The van der Waals surface area contributed by atoms with Crippen molar-refractivity contribution in [2.45, 2.75) is 46.3 Å². The van der Waals surface area contributed by atoms with Gasteiger partial charge in [-0.05, 0) is 18.3 Å². The average Bonchev–Trinajstić information content (AvgIpc) is 2.00. The van der Waals surface area contributed by atoms with Crippen molar-refractivity contribution in [1.82, 2.24) is 5.32 Å². The summed E-state index contributed by atoms with van der Waals surface area (Å²) in [6.45, 7) is 8.09. The Balaban J connectivity index is 3.94. The Kier molecular flexibility index (Phi) is 6.52. The number of aliphatic hydroxyl groups excluding tert-OH is 1. The summed E-state index contributed by atoms with van der Waals surface area (Å²) < 4.78 is 0. The van der Waals surface area contributed by atoms with E-state index in [0.717, 1.165) is 0 Å². The highest BCUT2D eigenvalue weighted by atomic mass is 16.4. The van der Waals surface area contributed by atoms with E-state index in [9.17, 15) is 9.90 Å². The molecule has 2 atom stereocenters. The predicted octanol–water partition coefficient (Wildman–Crippen LogP) is 1.09. The minimum absolute atomic E-state index is 0.0220. The first-order valence-corrected chi connectivity index (χ1v) is 5.48. The van der Waals surface area contributed by atoms with Gasteiger partial charge in [0.25, 0.3) is 0 Å². The molecule has 0 aliphatic rings. The van der Waals surface area contributed by atoms with Crippen LogP contribution in [0.2, 0.25) is 0 Å². The van der Waals surface area contributed by atoms with Crippen molar-refractivity contribution in [3.8, 4) is 0 Å². The molecule has 0 radical (unpaired) electrons. The predicted molar refractivity (Wildman–Crippen MR) is 59.7 cm³/mol. The van der Waals surface area contributed by atoms with E-state index in [-0.39, 0.29) is 5.92 Å². The van der Waals surface area contributed by atoms with Crippen molar-refractivity contribution in [3.63, 3.8) is 0 Å². The Morgan fingerprint density at radius 2 is 1.80 bits per heavy atom. The normalized spacial score (nSPS) is 15.7. The van der Waals surface area contributed by atoms with Crippen LogP contribution in [0.1, 0.15) is 34.1 Å². The molecule has 2 unspecified atom stereocenters. The molecule has 0 heterocycles. The Hall–Kier alpha value is -0.610. The summed E-state index contributed by atoms with van der Waals surface area (Å²) >= 11 is 0. The van der Waals surface area contributed by atoms with E-state index in [1.165, 1.54) is 0 Å². The highest BCUT2D eigenvalue weighted by Gasteiger charge is 2.21. The monoisotopic (exact) mass is 217 g/mol. The van der Waals surface area contributed by atoms with Gasteiger partial charge in [-0.15, -0.1) is 0 Å². The van der Waals surface area contributed by atoms with Gasteiger partial charge in [-0.2, -0.15) is 0 Å². The van der Waals surface area contributed by atoms with Crippen LogP contribution in [-0.4, -0.2) is 34.9 Å². The number of carboxylic acids is 1. The van der Waals surface area contributed by atoms with Gasteiger partial charge in [0.05, 0.1) is 6.10 Å². The Morgan fingerprint density at radius 1 is 1.27 bits per heavy atom. The van der Waals surface area contributed by atoms with Gasteiger partial charge in [0.15, 0.2) is 0 Å². The summed E-state index contributed by atoms with van der Waals surface area (Å²) in [5.41, 5.74) is 0. The maximum Gasteiger partial charge on any atom is 0.320 e. The summed E-state index contributed by atoms with van der Waals surface area (Å²) in [5, 5.41) is 21.3. The Labute approximate surface area is 91.7 Å². The number of carboxylic acid groups (broad SMARTS) is 1. The van der Waals surface area contributed by atoms with Crippen LogP contribution in [0.15, 0.2) is 0 Å². The Morgan fingerprint density at radius 3 is 2.13 bits per heavy atom. The first-order chi connectivity index (χ1) is 6.84. The number of aliphatic carboxylic acids is 1. The van der Waals surface area contributed by atoms with Crippen LogP contribution in [0, 0.1) is 11.8 Å². The molecule has 0 saturated heterocycles. The van der Waals surface area contributed by atoms with E-state index in [1.807, 2.05) is 27.7 Å². The van der Waals surface area contributed by atoms with Crippen LogP contribution in [0.5, 0.6) is 0 Å². The number of aliphatic hydroxyl groups is 1. The summed E-state index contributed by atoms with van der Waals surface area (Å²) in [4.78, 5) is 10.8. The summed E-state index contributed by atoms with van der Waals surface area (Å²) in [6, 6.07) is -0.577. The Bertz CT molecular complexity index is 192. The third kappa shape index (κ3) is 6.47. The standard InChI is InChI=1S/C11H23NO3/c1-7(2)5-9(13)6-12-10(8(3)4)11(14)15/h7-10,12-13H,5-6H2,1-4H3,(H,14,15). The lowest BCUT2D eigenvalue weighted by Crippen LogP contribution is -2.44. The molecule has 4 nitrogen and oxygen atoms in total. The summed E-state index contributed by atoms with van der Waals surface area (Å²) in [6.07, 6.45) is 0.225. The van der Waals surface area contributed by atoms with Gasteiger partial charge < -0.3 is 15.5 Å². The largest absolute Gasteiger partial charge is 0.480 e. The van der Waals surface area contributed by atoms with E-state index in [0.29, 0.717) is 18.9 Å². The third-order valence-corrected chi connectivity index (χ3v) is 2.25. The molecule has 0 aromatic rings. The topological polar surface area (TPSA) is 69.6 Å². The number of hydrogen-bond donors (Lipinski definition) is 3. The molecule has 0 aliphatic heterocycles. The molecular formula is C11H23NO3. The van der Waals surface area contributed by atoms with Crippen molar-refractivity contribution in [1.29, 1.82) is 0 Å². The lowest BCUT2D eigenvalue weighted by atomic mass is 10.0. The minimum Gasteiger partial charge on any atom is -0.480 e. The van der Waals surface area contributed by atoms with Crippen molar-refractivity contribution in [2.24, 2.45) is 11.8 Å². The first kappa shape index (κ1) is 14.4. The van der Waals surface area contributed by atoms with Crippen LogP contribution in [-0.2, 0) is 4.79 Å². The smallest absolute Gasteiger partial charge is 0.320 e. The third-order valence-electron chi connectivity index (χ3n) is 2.25. The summed E-state index contributed by atoms with van der Waals surface area (Å²) in [7, 11) is 0. The van der Waals surface area contributed by atoms with Crippen LogP contribution < -0.4 is 5.32 Å². The molecule has 0 aromatic carbocycles. The van der Waals surface area contributed by atoms with E-state index in [2.05, 4.69) is 5.32 Å². The second kappa shape index (κ2) is 6.80. The van der Waals surface area contributed by atoms with Gasteiger partial charge in [0.2, 0.25) is 0 Å². The van der Waals surface area contributed by atoms with Gasteiger partial charge >= 0.3 is 5.97 Å². The van der Waals surface area contributed by atoms with E-state index in [1.54, 1.807) is 0 Å². The molecule has 0 aliphatic carbocycles. The first-order valence-electron chi connectivity index (χ1n) is 5.48. The number of rotatable bonds is 7. The molecule has 0 saturated carbocycles. The van der Waals surface area contributed by atoms with Gasteiger partial charge in [0.1, 0.15) is 6.04 Å². The van der Waals surface area contributed by atoms with Gasteiger partial charge in [0, 0.05) is 6.54 Å². The van der Waals surface area contributed by atoms with Gasteiger partial charge in [-0.25, -0.2) is 0 Å². The zero-order valence-electron chi connectivity index (χ0n) is 10.0. The van der Waals surface area contributed by atoms with Crippen molar-refractivity contribution < 1.29 is 15.0 Å². The maximum absolute atomic E-state index is 10.8. The molecule has 0 fully saturated rings. The molecule has 0 amide bonds. The zero-order chi connectivity index (χ0) is 12.0. The number of hydrogen-bond acceptors (Lipinski definition) is 3. The fourth-order valence-electron chi connectivity index (χ4n) is 1.50. The lowest BCUT2D eigenvalue weighted by Gasteiger charge is -2.20. The number of nitrogens with one attached hydrogen (secondary N) is 1. The van der Waals surface area contributed by atoms with E-state index >= 15 is 0 Å². The average molecular weight is 217 g/mol. The fourth-order valence-corrected chi connectivity index (χ4v) is 1.50. The second-order valence-electron chi connectivity index (χ2n) is 4.75. The highest BCUT2D eigenvalue weighted by Crippen LogP contribution is 2.06. The minimum atomic E-state index is -0.859. The molecular weight excluding hydrogens is 194 g/mol. The van der Waals surface area contributed by atoms with Crippen molar-refractivity contribution in [2.75, 3.05) is 6.54 Å². The van der Waals surface area contributed by atoms with Gasteiger partial charge in [-0.3, -0.25) is 4.79 Å². The van der Waals surface area contributed by atoms with Crippen LogP contribution in [0.4, 0.5) is 0 Å². The zero-order valence-corrected chi connectivity index (χ0v) is 10.0.